The first kappa shape index (κ1) is 27.9. The van der Waals surface area contributed by atoms with Crippen LogP contribution in [0.2, 0.25) is 0 Å². The van der Waals surface area contributed by atoms with Crippen molar-refractivity contribution in [1.82, 2.24) is 10.6 Å². The van der Waals surface area contributed by atoms with Crippen LogP contribution in [0, 0.1) is 0 Å². The van der Waals surface area contributed by atoms with Crippen molar-refractivity contribution >= 4 is 12.2 Å². The first-order valence-corrected chi connectivity index (χ1v) is 13.8. The first-order valence-electron chi connectivity index (χ1n) is 13.8. The summed E-state index contributed by atoms with van der Waals surface area (Å²) in [5.74, 6) is 0. The smallest absolute Gasteiger partial charge is 0.407 e. The molecule has 7 nitrogen and oxygen atoms in total. The third kappa shape index (κ3) is 8.68. The number of amides is 2. The van der Waals surface area contributed by atoms with E-state index in [-0.39, 0.29) is 37.5 Å². The van der Waals surface area contributed by atoms with Gasteiger partial charge < -0.3 is 24.8 Å². The largest absolute Gasteiger partial charge is 0.445 e. The van der Waals surface area contributed by atoms with Crippen molar-refractivity contribution in [1.29, 1.82) is 0 Å². The summed E-state index contributed by atoms with van der Waals surface area (Å²) in [5.41, 5.74) is 3.93. The van der Waals surface area contributed by atoms with E-state index in [1.807, 2.05) is 121 Å². The lowest BCUT2D eigenvalue weighted by Crippen LogP contribution is -2.46. The number of rotatable bonds is 12. The highest BCUT2D eigenvalue weighted by atomic mass is 16.6. The topological polar surface area (TPSA) is 89.2 Å². The van der Waals surface area contributed by atoms with Crippen LogP contribution in [0.4, 0.5) is 9.59 Å². The summed E-state index contributed by atoms with van der Waals surface area (Å²) < 4.78 is 17.2. The Kier molecular flexibility index (Phi) is 9.63. The molecule has 2 amide bonds. The fraction of sp³-hybridized carbons (Fsp3) is 0.235. The monoisotopic (exact) mass is 550 g/mol. The molecule has 5 rings (SSSR count). The van der Waals surface area contributed by atoms with Crippen molar-refractivity contribution in [2.45, 2.75) is 50.3 Å². The van der Waals surface area contributed by atoms with Crippen molar-refractivity contribution in [3.63, 3.8) is 0 Å². The first-order chi connectivity index (χ1) is 20.1. The zero-order valence-corrected chi connectivity index (χ0v) is 22.7. The lowest BCUT2D eigenvalue weighted by atomic mass is 9.96. The summed E-state index contributed by atoms with van der Waals surface area (Å²) in [5, 5.41) is 6.03. The van der Waals surface area contributed by atoms with Crippen molar-refractivity contribution in [3.05, 3.63) is 144 Å². The highest BCUT2D eigenvalue weighted by molar-refractivity contribution is 5.68. The molecule has 0 saturated carbocycles. The van der Waals surface area contributed by atoms with Gasteiger partial charge in [0, 0.05) is 0 Å². The van der Waals surface area contributed by atoms with E-state index < -0.39 is 12.2 Å². The molecule has 2 N–H and O–H groups in total. The van der Waals surface area contributed by atoms with Crippen LogP contribution in [0.5, 0.6) is 0 Å². The van der Waals surface area contributed by atoms with Crippen LogP contribution in [-0.4, -0.2) is 36.5 Å². The number of hydrogen-bond acceptors (Lipinski definition) is 5. The molecule has 1 heterocycles. The van der Waals surface area contributed by atoms with Crippen molar-refractivity contribution in [2.24, 2.45) is 0 Å². The van der Waals surface area contributed by atoms with Crippen LogP contribution in [0.1, 0.15) is 22.3 Å². The highest BCUT2D eigenvalue weighted by Gasteiger charge is 2.50. The lowest BCUT2D eigenvalue weighted by molar-refractivity contribution is 0.133. The van der Waals surface area contributed by atoms with E-state index in [2.05, 4.69) is 10.6 Å². The Balaban J connectivity index is 1.26. The zero-order chi connectivity index (χ0) is 28.3. The molecule has 7 heteroatoms. The van der Waals surface area contributed by atoms with Crippen LogP contribution in [-0.2, 0) is 40.3 Å². The van der Waals surface area contributed by atoms with Gasteiger partial charge in [0.05, 0.1) is 12.1 Å². The van der Waals surface area contributed by atoms with Gasteiger partial charge in [0.15, 0.2) is 0 Å². The minimum atomic E-state index is -0.515. The van der Waals surface area contributed by atoms with E-state index >= 15 is 0 Å². The molecule has 0 radical (unpaired) electrons. The normalized spacial score (nSPS) is 17.1. The summed E-state index contributed by atoms with van der Waals surface area (Å²) in [6.45, 7) is 0.344. The van der Waals surface area contributed by atoms with Gasteiger partial charge in [0.1, 0.15) is 25.4 Å². The number of alkyl carbamates (subject to hydrolysis) is 2. The van der Waals surface area contributed by atoms with Gasteiger partial charge in [-0.15, -0.1) is 0 Å². The lowest BCUT2D eigenvalue weighted by Gasteiger charge is -2.20. The Morgan fingerprint density at radius 3 is 1.20 bits per heavy atom. The second-order valence-corrected chi connectivity index (χ2v) is 10.1. The Hall–Kier alpha value is -4.62. The average molecular weight is 551 g/mol. The third-order valence-electron chi connectivity index (χ3n) is 6.98. The minimum Gasteiger partial charge on any atom is -0.445 e. The van der Waals surface area contributed by atoms with Crippen LogP contribution in [0.15, 0.2) is 121 Å². The summed E-state index contributed by atoms with van der Waals surface area (Å²) in [6.07, 6.45) is -0.555. The Bertz CT molecular complexity index is 1260. The number of carbonyl (C=O) groups is 2. The van der Waals surface area contributed by atoms with Gasteiger partial charge >= 0.3 is 12.2 Å². The Labute approximate surface area is 240 Å². The number of benzene rings is 4. The van der Waals surface area contributed by atoms with Gasteiger partial charge in [-0.25, -0.2) is 9.59 Å². The zero-order valence-electron chi connectivity index (χ0n) is 22.7. The van der Waals surface area contributed by atoms with E-state index in [4.69, 9.17) is 14.2 Å². The molecule has 4 aromatic carbocycles. The molecule has 0 unspecified atom stereocenters. The maximum Gasteiger partial charge on any atom is 0.407 e. The van der Waals surface area contributed by atoms with E-state index in [1.54, 1.807) is 0 Å². The summed E-state index contributed by atoms with van der Waals surface area (Å²) in [4.78, 5) is 25.7. The fourth-order valence-electron chi connectivity index (χ4n) is 4.85. The average Bonchev–Trinajstić information content (AvgIpc) is 3.82. The second kappa shape index (κ2) is 14.1. The quantitative estimate of drug-likeness (QED) is 0.217. The molecule has 1 saturated heterocycles. The number of ether oxygens (including phenoxy) is 3. The molecule has 0 aromatic heterocycles. The Morgan fingerprint density at radius 2 is 0.854 bits per heavy atom. The van der Waals surface area contributed by atoms with Crippen LogP contribution in [0.25, 0.3) is 0 Å². The van der Waals surface area contributed by atoms with Gasteiger partial charge in [-0.2, -0.15) is 0 Å². The number of carbonyl (C=O) groups excluding carboxylic acids is 2. The molecule has 41 heavy (non-hydrogen) atoms. The standard InChI is InChI=1S/C34H34N2O5/c37-33(39-23-27-17-9-3-10-18-27)35-29(21-25-13-5-1-6-14-25)31-32(41-31)30(22-26-15-7-2-8-16-26)36-34(38)40-24-28-19-11-4-12-20-28/h1-20,29-32H,21-24H2,(H,35,37)(H,36,38)/t29-,30-,31+,32+/m0/s1. The molecule has 0 spiro atoms. The molecule has 4 aromatic rings. The molecule has 0 aliphatic carbocycles. The van der Waals surface area contributed by atoms with Gasteiger partial charge in [-0.3, -0.25) is 0 Å². The molecule has 0 bridgehead atoms. The van der Waals surface area contributed by atoms with E-state index in [9.17, 15) is 9.59 Å². The molecular formula is C34H34N2O5. The second-order valence-electron chi connectivity index (χ2n) is 10.1. The molecule has 4 atom stereocenters. The van der Waals surface area contributed by atoms with Crippen molar-refractivity contribution < 1.29 is 23.8 Å². The number of hydrogen-bond donors (Lipinski definition) is 2. The van der Waals surface area contributed by atoms with Crippen molar-refractivity contribution in [2.75, 3.05) is 0 Å². The predicted molar refractivity (Wildman–Crippen MR) is 156 cm³/mol. The Morgan fingerprint density at radius 1 is 0.537 bits per heavy atom. The number of epoxide rings is 1. The fourth-order valence-corrected chi connectivity index (χ4v) is 4.85. The molecule has 1 aliphatic rings. The predicted octanol–water partition coefficient (Wildman–Crippen LogP) is 5.83. The molecule has 210 valence electrons. The maximum absolute atomic E-state index is 12.8. The van der Waals surface area contributed by atoms with Crippen molar-refractivity contribution in [3.8, 4) is 0 Å². The van der Waals surface area contributed by atoms with Crippen LogP contribution in [0.3, 0.4) is 0 Å². The maximum atomic E-state index is 12.8. The SMILES string of the molecule is O=C(N[C@@H](Cc1ccccc1)[C@H]1O[C@@H]1[C@H](Cc1ccccc1)NC(=O)OCc1ccccc1)OCc1ccccc1. The molecular weight excluding hydrogens is 516 g/mol. The van der Waals surface area contributed by atoms with E-state index in [0.717, 1.165) is 22.3 Å². The minimum absolute atomic E-state index is 0.172. The highest BCUT2D eigenvalue weighted by Crippen LogP contribution is 2.32. The summed E-state index contributed by atoms with van der Waals surface area (Å²) >= 11 is 0. The molecule has 1 aliphatic heterocycles. The van der Waals surface area contributed by atoms with Gasteiger partial charge in [-0.05, 0) is 35.1 Å². The van der Waals surface area contributed by atoms with E-state index in [1.165, 1.54) is 0 Å². The van der Waals surface area contributed by atoms with E-state index in [0.29, 0.717) is 12.8 Å². The van der Waals surface area contributed by atoms with Crippen LogP contribution < -0.4 is 10.6 Å². The third-order valence-corrected chi connectivity index (χ3v) is 6.98. The van der Waals surface area contributed by atoms with Gasteiger partial charge in [-0.1, -0.05) is 121 Å². The van der Waals surface area contributed by atoms with Crippen LogP contribution >= 0.6 is 0 Å². The van der Waals surface area contributed by atoms with Gasteiger partial charge in [0.25, 0.3) is 0 Å². The van der Waals surface area contributed by atoms with Gasteiger partial charge in [0.2, 0.25) is 0 Å². The molecule has 1 fully saturated rings. The number of nitrogens with one attached hydrogen (secondary N) is 2. The summed E-state index contributed by atoms with van der Waals surface area (Å²) in [6, 6.07) is 38.2. The summed E-state index contributed by atoms with van der Waals surface area (Å²) in [7, 11) is 0.